The zero-order valence-corrected chi connectivity index (χ0v) is 19.7. The van der Waals surface area contributed by atoms with Gasteiger partial charge in [-0.25, -0.2) is 4.98 Å². The number of aromatic nitrogens is 3. The first-order valence-electron chi connectivity index (χ1n) is 11.4. The fraction of sp³-hybridized carbons (Fsp3) is 0.385. The van der Waals surface area contributed by atoms with E-state index in [0.717, 1.165) is 11.1 Å². The van der Waals surface area contributed by atoms with Gasteiger partial charge in [-0.1, -0.05) is 62.4 Å². The van der Waals surface area contributed by atoms with Crippen molar-refractivity contribution in [3.63, 3.8) is 0 Å². The van der Waals surface area contributed by atoms with Crippen molar-refractivity contribution in [2.24, 2.45) is 0 Å². The Labute approximate surface area is 194 Å². The van der Waals surface area contributed by atoms with Crippen LogP contribution in [-0.2, 0) is 22.4 Å². The molecule has 2 aromatic carbocycles. The van der Waals surface area contributed by atoms with Gasteiger partial charge < -0.3 is 9.80 Å². The van der Waals surface area contributed by atoms with Gasteiger partial charge in [0, 0.05) is 32.5 Å². The monoisotopic (exact) mass is 445 g/mol. The van der Waals surface area contributed by atoms with Crippen LogP contribution in [0.2, 0.25) is 0 Å². The maximum atomic E-state index is 13.2. The lowest BCUT2D eigenvalue weighted by atomic mass is 9.95. The van der Waals surface area contributed by atoms with E-state index >= 15 is 0 Å². The zero-order valence-electron chi connectivity index (χ0n) is 19.7. The van der Waals surface area contributed by atoms with Crippen molar-refractivity contribution in [1.29, 1.82) is 0 Å². The first-order valence-corrected chi connectivity index (χ1v) is 11.4. The molecule has 1 aliphatic heterocycles. The fourth-order valence-electron chi connectivity index (χ4n) is 4.29. The van der Waals surface area contributed by atoms with Crippen molar-refractivity contribution < 1.29 is 9.59 Å². The number of aryl methyl sites for hydroxylation is 1. The van der Waals surface area contributed by atoms with Crippen molar-refractivity contribution in [2.75, 3.05) is 20.1 Å². The molecule has 1 fully saturated rings. The van der Waals surface area contributed by atoms with E-state index in [1.54, 1.807) is 16.8 Å². The third-order valence-electron chi connectivity index (χ3n) is 6.23. The van der Waals surface area contributed by atoms with Gasteiger partial charge >= 0.3 is 0 Å². The molecule has 33 heavy (non-hydrogen) atoms. The van der Waals surface area contributed by atoms with E-state index in [-0.39, 0.29) is 24.2 Å². The van der Waals surface area contributed by atoms with E-state index in [1.165, 1.54) is 11.1 Å². The molecule has 3 aromatic rings. The van der Waals surface area contributed by atoms with Gasteiger partial charge in [0.05, 0.1) is 6.42 Å². The number of nitrogens with one attached hydrogen (secondary N) is 1. The van der Waals surface area contributed by atoms with Crippen LogP contribution in [0.3, 0.4) is 0 Å². The molecule has 0 unspecified atom stereocenters. The smallest absolute Gasteiger partial charge is 0.245 e. The minimum atomic E-state index is -0.532. The first kappa shape index (κ1) is 22.7. The van der Waals surface area contributed by atoms with Gasteiger partial charge in [0.2, 0.25) is 11.8 Å². The molecule has 1 atom stereocenters. The van der Waals surface area contributed by atoms with E-state index in [2.05, 4.69) is 46.4 Å². The van der Waals surface area contributed by atoms with Gasteiger partial charge in [-0.15, -0.1) is 0 Å². The van der Waals surface area contributed by atoms with E-state index < -0.39 is 6.04 Å². The highest BCUT2D eigenvalue weighted by molar-refractivity contribution is 5.89. The lowest BCUT2D eigenvalue weighted by Crippen LogP contribution is -2.58. The molecule has 1 aliphatic rings. The van der Waals surface area contributed by atoms with Crippen molar-refractivity contribution in [1.82, 2.24) is 25.0 Å². The minimum absolute atomic E-state index is 0.0312. The molecule has 0 radical (unpaired) electrons. The quantitative estimate of drug-likeness (QED) is 0.631. The average molecular weight is 446 g/mol. The zero-order chi connectivity index (χ0) is 23.5. The van der Waals surface area contributed by atoms with Gasteiger partial charge in [-0.05, 0) is 29.2 Å². The largest absolute Gasteiger partial charge is 0.342 e. The molecular weight excluding hydrogens is 414 g/mol. The molecule has 1 aromatic heterocycles. The number of benzene rings is 2. The Balaban J connectivity index is 1.56. The Hall–Kier alpha value is -3.48. The van der Waals surface area contributed by atoms with Crippen molar-refractivity contribution >= 4 is 11.8 Å². The summed E-state index contributed by atoms with van der Waals surface area (Å²) in [6, 6.07) is 16.0. The maximum Gasteiger partial charge on any atom is 0.245 e. The van der Waals surface area contributed by atoms with Crippen LogP contribution in [0.5, 0.6) is 0 Å². The maximum absolute atomic E-state index is 13.2. The molecular formula is C26H31N5O2. The summed E-state index contributed by atoms with van der Waals surface area (Å²) in [5.41, 5.74) is 4.52. The minimum Gasteiger partial charge on any atom is -0.342 e. The van der Waals surface area contributed by atoms with Crippen LogP contribution >= 0.6 is 0 Å². The predicted molar refractivity (Wildman–Crippen MR) is 128 cm³/mol. The topological polar surface area (TPSA) is 82.2 Å². The predicted octanol–water partition coefficient (Wildman–Crippen LogP) is 3.36. The van der Waals surface area contributed by atoms with Crippen LogP contribution in [-0.4, -0.2) is 63.0 Å². The summed E-state index contributed by atoms with van der Waals surface area (Å²) < 4.78 is 0. The highest BCUT2D eigenvalue weighted by Gasteiger charge is 2.36. The van der Waals surface area contributed by atoms with Crippen LogP contribution in [0.4, 0.5) is 0 Å². The highest BCUT2D eigenvalue weighted by atomic mass is 16.2. The summed E-state index contributed by atoms with van der Waals surface area (Å²) in [5, 5.41) is 7.06. The Morgan fingerprint density at radius 3 is 2.67 bits per heavy atom. The number of rotatable bonds is 6. The normalized spacial score (nSPS) is 16.5. The second-order valence-corrected chi connectivity index (χ2v) is 9.05. The summed E-state index contributed by atoms with van der Waals surface area (Å²) in [7, 11) is 1.80. The summed E-state index contributed by atoms with van der Waals surface area (Å²) in [5.74, 6) is 1.27. The van der Waals surface area contributed by atoms with Gasteiger partial charge in [0.1, 0.15) is 11.9 Å². The molecule has 0 aliphatic carbocycles. The number of nitrogens with zero attached hydrogens (tertiary/aromatic N) is 4. The van der Waals surface area contributed by atoms with E-state index in [1.807, 2.05) is 38.1 Å². The Morgan fingerprint density at radius 2 is 1.94 bits per heavy atom. The average Bonchev–Trinajstić information content (AvgIpc) is 3.26. The number of aromatic amines is 1. The number of hydrogen-bond acceptors (Lipinski definition) is 4. The molecule has 0 saturated carbocycles. The standard InChI is InChI=1S/C26H31N5O2/c1-17(2)25-27-23(28-29-25)16-24(32)31-13-12-30(4)26(33)22(31)15-19-9-7-10-20(14-19)21-11-6-5-8-18(21)3/h5-11,14,17,22H,12-13,15-16H2,1-4H3,(H,27,28,29)/t22-/m0/s1. The summed E-state index contributed by atoms with van der Waals surface area (Å²) in [6.45, 7) is 7.15. The van der Waals surface area contributed by atoms with Crippen LogP contribution in [0, 0.1) is 6.92 Å². The first-order chi connectivity index (χ1) is 15.8. The summed E-state index contributed by atoms with van der Waals surface area (Å²) >= 11 is 0. The molecule has 1 N–H and O–H groups in total. The summed E-state index contributed by atoms with van der Waals surface area (Å²) in [4.78, 5) is 34.1. The second kappa shape index (κ2) is 9.57. The van der Waals surface area contributed by atoms with Crippen LogP contribution < -0.4 is 0 Å². The Bertz CT molecular complexity index is 1150. The van der Waals surface area contributed by atoms with Gasteiger partial charge in [-0.3, -0.25) is 14.7 Å². The fourth-order valence-corrected chi connectivity index (χ4v) is 4.29. The lowest BCUT2D eigenvalue weighted by molar-refractivity contribution is -0.149. The van der Waals surface area contributed by atoms with E-state index in [4.69, 9.17) is 0 Å². The number of carbonyl (C=O) groups excluding carboxylic acids is 2. The molecule has 0 bridgehead atoms. The number of amides is 2. The van der Waals surface area contributed by atoms with Gasteiger partial charge in [0.25, 0.3) is 0 Å². The Kier molecular flexibility index (Phi) is 6.58. The molecule has 172 valence electrons. The van der Waals surface area contributed by atoms with Crippen molar-refractivity contribution in [3.05, 3.63) is 71.3 Å². The molecule has 0 spiro atoms. The van der Waals surface area contributed by atoms with Crippen LogP contribution in [0.1, 0.15) is 42.5 Å². The SMILES string of the molecule is Cc1ccccc1-c1cccc(C[C@H]2C(=O)N(C)CCN2C(=O)Cc2nc(C(C)C)n[nH]2)c1. The van der Waals surface area contributed by atoms with Crippen molar-refractivity contribution in [3.8, 4) is 11.1 Å². The second-order valence-electron chi connectivity index (χ2n) is 9.05. The van der Waals surface area contributed by atoms with E-state index in [9.17, 15) is 9.59 Å². The van der Waals surface area contributed by atoms with Crippen LogP contribution in [0.15, 0.2) is 48.5 Å². The molecule has 2 amide bonds. The number of piperazine rings is 1. The number of H-pyrrole nitrogens is 1. The molecule has 2 heterocycles. The lowest BCUT2D eigenvalue weighted by Gasteiger charge is -2.39. The van der Waals surface area contributed by atoms with Gasteiger partial charge in [0.15, 0.2) is 5.82 Å². The third kappa shape index (κ3) is 4.97. The highest BCUT2D eigenvalue weighted by Crippen LogP contribution is 2.25. The van der Waals surface area contributed by atoms with E-state index in [0.29, 0.717) is 31.2 Å². The molecule has 4 rings (SSSR count). The third-order valence-corrected chi connectivity index (χ3v) is 6.23. The van der Waals surface area contributed by atoms with Gasteiger partial charge in [-0.2, -0.15) is 5.10 Å². The number of carbonyl (C=O) groups is 2. The Morgan fingerprint density at radius 1 is 1.15 bits per heavy atom. The summed E-state index contributed by atoms with van der Waals surface area (Å²) in [6.07, 6.45) is 0.582. The van der Waals surface area contributed by atoms with Crippen LogP contribution in [0.25, 0.3) is 11.1 Å². The van der Waals surface area contributed by atoms with Crippen molar-refractivity contribution in [2.45, 2.75) is 45.6 Å². The molecule has 7 heteroatoms. The molecule has 7 nitrogen and oxygen atoms in total. The number of hydrogen-bond donors (Lipinski definition) is 1. The molecule has 1 saturated heterocycles. The number of likely N-dealkylation sites (N-methyl/N-ethyl adjacent to an activating group) is 1.